The van der Waals surface area contributed by atoms with E-state index in [1.165, 1.54) is 6.20 Å². The largest absolute Gasteiger partial charge is 0.476 e. The van der Waals surface area contributed by atoms with Crippen LogP contribution in [0.5, 0.6) is 0 Å². The number of sulfone groups is 2. The number of nitrogens with zero attached hydrogens (tertiary/aromatic N) is 6. The molecule has 73 heavy (non-hydrogen) atoms. The number of carbonyl (C=O) groups is 2. The van der Waals surface area contributed by atoms with Crippen LogP contribution < -0.4 is 11.1 Å². The van der Waals surface area contributed by atoms with Crippen molar-refractivity contribution in [2.75, 3.05) is 22.6 Å². The molecule has 8 atom stereocenters. The molecule has 6 aliphatic rings. The first-order valence-corrected chi connectivity index (χ1v) is 27.8. The highest BCUT2D eigenvalue weighted by atomic mass is 32.2. The minimum absolute atomic E-state index is 0.104. The summed E-state index contributed by atoms with van der Waals surface area (Å²) in [6.07, 6.45) is 11.3. The molecular weight excluding hydrogens is 993 g/mol. The fourth-order valence-electron chi connectivity index (χ4n) is 11.9. The van der Waals surface area contributed by atoms with Crippen molar-refractivity contribution < 1.29 is 49.1 Å². The molecule has 2 saturated carbocycles. The summed E-state index contributed by atoms with van der Waals surface area (Å²) in [5.41, 5.74) is 8.49. The molecule has 2 aromatic carbocycles. The van der Waals surface area contributed by atoms with E-state index in [1.54, 1.807) is 41.8 Å². The van der Waals surface area contributed by atoms with Gasteiger partial charge >= 0.3 is 5.97 Å². The summed E-state index contributed by atoms with van der Waals surface area (Å²) < 4.78 is 110. The number of H-pyrrole nitrogens is 2. The van der Waals surface area contributed by atoms with Crippen molar-refractivity contribution in [3.63, 3.8) is 0 Å². The Labute approximate surface area is 418 Å². The van der Waals surface area contributed by atoms with Gasteiger partial charge in [0.1, 0.15) is 0 Å². The number of anilines is 2. The summed E-state index contributed by atoms with van der Waals surface area (Å²) in [7, 11) is -6.43. The lowest BCUT2D eigenvalue weighted by atomic mass is 9.87. The molecule has 2 aliphatic heterocycles. The molecule has 2 saturated heterocycles. The number of aromatic amines is 2. The molecule has 23 heteroatoms. The molecule has 4 aliphatic carbocycles. The number of benzene rings is 2. The second-order valence-electron chi connectivity index (χ2n) is 20.7. The van der Waals surface area contributed by atoms with E-state index in [2.05, 4.69) is 35.9 Å². The Morgan fingerprint density at radius 1 is 0.699 bits per heavy atom. The van der Waals surface area contributed by atoms with Gasteiger partial charge in [-0.05, 0) is 49.7 Å². The highest BCUT2D eigenvalue weighted by Gasteiger charge is 2.79. The first-order valence-electron chi connectivity index (χ1n) is 24.4. The molecule has 388 valence electrons. The third-order valence-corrected chi connectivity index (χ3v) is 20.8. The SMILES string of the molecule is CC12Cc3[nH]nc(C(=O)Nc4cnn(C(c5ccccc5)C5CCCCS5(=O)=O)c4)c3CC1C2(F)F.CC12Cc3[nH]nc(C(=O)O)c3CC1C2(F)F.Nc1cnn(C(c2ccccc2)C2CCCCS2(=O)=O)c1. The Kier molecular flexibility index (Phi) is 12.5. The number of hydrogen-bond donors (Lipinski definition) is 5. The highest BCUT2D eigenvalue weighted by Crippen LogP contribution is 2.71. The lowest BCUT2D eigenvalue weighted by Crippen LogP contribution is -2.37. The third-order valence-electron chi connectivity index (χ3n) is 16.3. The van der Waals surface area contributed by atoms with Gasteiger partial charge in [0.05, 0.1) is 57.9 Å². The number of aromatic nitrogens is 8. The Morgan fingerprint density at radius 2 is 1.15 bits per heavy atom. The maximum Gasteiger partial charge on any atom is 0.356 e. The number of rotatable bonds is 9. The van der Waals surface area contributed by atoms with Gasteiger partial charge in [-0.2, -0.15) is 20.4 Å². The topological polar surface area (TPSA) is 254 Å². The van der Waals surface area contributed by atoms with Gasteiger partial charge in [0, 0.05) is 70.4 Å². The maximum atomic E-state index is 14.2. The number of nitrogens with two attached hydrogens (primary N) is 1. The van der Waals surface area contributed by atoms with E-state index in [1.807, 2.05) is 60.7 Å². The number of halogens is 4. The lowest BCUT2D eigenvalue weighted by Gasteiger charge is -2.30. The molecule has 17 nitrogen and oxygen atoms in total. The molecular formula is C50H56F4N10O7S2. The van der Waals surface area contributed by atoms with Gasteiger partial charge in [0.25, 0.3) is 17.8 Å². The van der Waals surface area contributed by atoms with Crippen LogP contribution in [0.25, 0.3) is 0 Å². The Hall–Kier alpha value is -6.36. The number of nitrogen functional groups attached to an aromatic ring is 1. The Morgan fingerprint density at radius 3 is 1.60 bits per heavy atom. The van der Waals surface area contributed by atoms with Crippen LogP contribution >= 0.6 is 0 Å². The van der Waals surface area contributed by atoms with Crippen LogP contribution in [0, 0.1) is 22.7 Å². The summed E-state index contributed by atoms with van der Waals surface area (Å²) in [6.45, 7) is 3.12. The van der Waals surface area contributed by atoms with E-state index in [0.717, 1.165) is 30.4 Å². The number of carboxylic acid groups (broad SMARTS) is 1. The number of amides is 1. The molecule has 0 bridgehead atoms. The van der Waals surface area contributed by atoms with Crippen molar-refractivity contribution in [2.24, 2.45) is 22.7 Å². The quantitative estimate of drug-likeness (QED) is 0.0896. The third kappa shape index (κ3) is 8.82. The van der Waals surface area contributed by atoms with Gasteiger partial charge in [-0.15, -0.1) is 0 Å². The molecule has 6 heterocycles. The fourth-order valence-corrected chi connectivity index (χ4v) is 16.1. The van der Waals surface area contributed by atoms with Crippen molar-refractivity contribution >= 4 is 42.9 Å². The summed E-state index contributed by atoms with van der Waals surface area (Å²) in [6, 6.07) is 18.2. The van der Waals surface area contributed by atoms with E-state index in [-0.39, 0.29) is 54.6 Å². The van der Waals surface area contributed by atoms with Gasteiger partial charge < -0.3 is 16.2 Å². The van der Waals surface area contributed by atoms with E-state index >= 15 is 0 Å². The van der Waals surface area contributed by atoms with Gasteiger partial charge in [-0.3, -0.25) is 24.4 Å². The van der Waals surface area contributed by atoms with Gasteiger partial charge in [0.2, 0.25) is 0 Å². The number of carbonyl (C=O) groups excluding carboxylic acids is 1. The lowest BCUT2D eigenvalue weighted by molar-refractivity contribution is 0.0626. The molecule has 4 aromatic heterocycles. The predicted molar refractivity (Wildman–Crippen MR) is 261 cm³/mol. The van der Waals surface area contributed by atoms with Crippen LogP contribution in [-0.4, -0.2) is 108 Å². The van der Waals surface area contributed by atoms with Gasteiger partial charge in [-0.1, -0.05) is 87.4 Å². The molecule has 4 fully saturated rings. The molecule has 6 N–H and O–H groups in total. The zero-order valence-corrected chi connectivity index (χ0v) is 41.7. The summed E-state index contributed by atoms with van der Waals surface area (Å²) in [5.74, 6) is -8.20. The Bertz CT molecular complexity index is 3290. The number of carboxylic acids is 1. The first kappa shape index (κ1) is 50.2. The van der Waals surface area contributed by atoms with Crippen molar-refractivity contribution in [3.8, 4) is 0 Å². The average molecular weight is 1050 g/mol. The predicted octanol–water partition coefficient (Wildman–Crippen LogP) is 7.29. The zero-order valence-electron chi connectivity index (χ0n) is 40.0. The standard InChI is InChI=1S/C25H27F2N5O3S.C15H19N3O2S.C10H10F2N2O2/c1-24-12-18-17(11-20(24)25(24,26)27)21(31-30-18)23(33)29-16-13-28-32(14-16)22(15-7-3-2-4-8-15)19-9-5-6-10-36(19,34)35;16-13-10-17-18(11-13)15(12-6-2-1-3-7-12)14-8-4-5-9-21(14,19)20;1-9-3-5-4(2-6(9)10(9,11)12)7(8(15)16)14-13-5/h2-4,7-8,13-14,19-20,22H,5-6,9-12H2,1H3,(H,29,33)(H,30,31);1-3,6-7,10-11,14-15H,4-5,8-9,16H2;6H,2-3H2,1H3,(H,13,14)(H,15,16). The number of nitrogens with one attached hydrogen (secondary N) is 3. The zero-order chi connectivity index (χ0) is 51.9. The molecule has 0 radical (unpaired) electrons. The Balaban J connectivity index is 0.000000139. The fraction of sp³-hybridized carbons (Fsp3) is 0.480. The van der Waals surface area contributed by atoms with Crippen molar-refractivity contribution in [1.29, 1.82) is 0 Å². The first-order chi connectivity index (χ1) is 34.6. The molecule has 0 spiro atoms. The minimum atomic E-state index is -3.32. The van der Waals surface area contributed by atoms with E-state index in [4.69, 9.17) is 10.8 Å². The normalized spacial score (nSPS) is 28.1. The maximum absolute atomic E-state index is 14.2. The molecule has 12 rings (SSSR count). The number of aromatic carboxylic acids is 1. The van der Waals surface area contributed by atoms with Crippen LogP contribution in [-0.2, 0) is 45.4 Å². The average Bonchev–Trinajstić information content (AvgIpc) is 3.93. The second kappa shape index (κ2) is 18.2. The highest BCUT2D eigenvalue weighted by molar-refractivity contribution is 7.92. The van der Waals surface area contributed by atoms with Crippen molar-refractivity contribution in [3.05, 3.63) is 130 Å². The monoisotopic (exact) mass is 1050 g/mol. The van der Waals surface area contributed by atoms with E-state index < -0.39 is 82.6 Å². The van der Waals surface area contributed by atoms with Crippen LogP contribution in [0.4, 0.5) is 28.9 Å². The van der Waals surface area contributed by atoms with Crippen molar-refractivity contribution in [2.45, 2.75) is 112 Å². The molecule has 8 unspecified atom stereocenters. The number of hydrogen-bond acceptors (Lipinski definition) is 11. The smallest absolute Gasteiger partial charge is 0.356 e. The summed E-state index contributed by atoms with van der Waals surface area (Å²) in [4.78, 5) is 23.9. The van der Waals surface area contributed by atoms with Crippen LogP contribution in [0.1, 0.15) is 119 Å². The second-order valence-corrected chi connectivity index (χ2v) is 25.4. The molecule has 6 aromatic rings. The molecule has 1 amide bonds. The van der Waals surface area contributed by atoms with Crippen LogP contribution in [0.3, 0.4) is 0 Å². The van der Waals surface area contributed by atoms with Crippen LogP contribution in [0.2, 0.25) is 0 Å². The van der Waals surface area contributed by atoms with Gasteiger partial charge in [-0.25, -0.2) is 39.2 Å². The number of fused-ring (bicyclic) bond motifs is 4. The van der Waals surface area contributed by atoms with E-state index in [9.17, 15) is 44.0 Å². The van der Waals surface area contributed by atoms with Gasteiger partial charge in [0.15, 0.2) is 31.1 Å². The van der Waals surface area contributed by atoms with Crippen molar-refractivity contribution in [1.82, 2.24) is 40.0 Å². The van der Waals surface area contributed by atoms with E-state index in [0.29, 0.717) is 53.2 Å². The minimum Gasteiger partial charge on any atom is -0.476 e. The van der Waals surface area contributed by atoms with Crippen LogP contribution in [0.15, 0.2) is 85.5 Å². The summed E-state index contributed by atoms with van der Waals surface area (Å²) in [5, 5.41) is 32.4. The number of alkyl halides is 4. The summed E-state index contributed by atoms with van der Waals surface area (Å²) >= 11 is 0.